The lowest BCUT2D eigenvalue weighted by atomic mass is 10.1. The SMILES string of the molecule is COCC(C)Nc1cccc(C(=O)NCCO)c1. The molecule has 0 aliphatic rings. The van der Waals surface area contributed by atoms with Crippen LogP contribution in [0, 0.1) is 0 Å². The summed E-state index contributed by atoms with van der Waals surface area (Å²) in [6.45, 7) is 2.80. The van der Waals surface area contributed by atoms with Crippen LogP contribution >= 0.6 is 0 Å². The Hall–Kier alpha value is -1.59. The first-order valence-corrected chi connectivity index (χ1v) is 5.92. The smallest absolute Gasteiger partial charge is 0.251 e. The zero-order valence-electron chi connectivity index (χ0n) is 10.8. The highest BCUT2D eigenvalue weighted by molar-refractivity contribution is 5.95. The van der Waals surface area contributed by atoms with Crippen LogP contribution in [0.2, 0.25) is 0 Å². The van der Waals surface area contributed by atoms with Gasteiger partial charge in [-0.2, -0.15) is 0 Å². The predicted octanol–water partition coefficient (Wildman–Crippen LogP) is 0.855. The average molecular weight is 252 g/mol. The molecule has 1 atom stereocenters. The molecule has 1 unspecified atom stereocenters. The molecule has 5 nitrogen and oxygen atoms in total. The van der Waals surface area contributed by atoms with Gasteiger partial charge in [0.05, 0.1) is 13.2 Å². The van der Waals surface area contributed by atoms with Crippen LogP contribution in [0.1, 0.15) is 17.3 Å². The molecule has 100 valence electrons. The molecule has 1 rings (SSSR count). The normalized spacial score (nSPS) is 11.9. The molecule has 0 spiro atoms. The van der Waals surface area contributed by atoms with E-state index in [0.29, 0.717) is 12.2 Å². The quantitative estimate of drug-likeness (QED) is 0.673. The molecule has 1 aromatic rings. The maximum Gasteiger partial charge on any atom is 0.251 e. The van der Waals surface area contributed by atoms with Crippen LogP contribution in [0.25, 0.3) is 0 Å². The summed E-state index contributed by atoms with van der Waals surface area (Å²) in [5.41, 5.74) is 1.44. The summed E-state index contributed by atoms with van der Waals surface area (Å²) >= 11 is 0. The molecule has 18 heavy (non-hydrogen) atoms. The molecule has 1 aromatic carbocycles. The maximum atomic E-state index is 11.7. The van der Waals surface area contributed by atoms with E-state index in [1.807, 2.05) is 19.1 Å². The molecule has 0 bridgehead atoms. The molecule has 5 heteroatoms. The summed E-state index contributed by atoms with van der Waals surface area (Å²) in [6, 6.07) is 7.40. The minimum absolute atomic E-state index is 0.0610. The second-order valence-electron chi connectivity index (χ2n) is 4.06. The maximum absolute atomic E-state index is 11.7. The zero-order valence-corrected chi connectivity index (χ0v) is 10.8. The highest BCUT2D eigenvalue weighted by atomic mass is 16.5. The van der Waals surface area contributed by atoms with Crippen LogP contribution in [0.3, 0.4) is 0 Å². The first kappa shape index (κ1) is 14.5. The van der Waals surface area contributed by atoms with Gasteiger partial charge >= 0.3 is 0 Å². The van der Waals surface area contributed by atoms with Crippen molar-refractivity contribution >= 4 is 11.6 Å². The molecule has 0 aliphatic heterocycles. The second kappa shape index (κ2) is 7.68. The number of methoxy groups -OCH3 is 1. The standard InChI is InChI=1S/C13H20N2O3/c1-10(9-18-2)15-12-5-3-4-11(8-12)13(17)14-6-7-16/h3-5,8,10,15-16H,6-7,9H2,1-2H3,(H,14,17). The summed E-state index contributed by atoms with van der Waals surface area (Å²) in [5.74, 6) is -0.188. The van der Waals surface area contributed by atoms with Gasteiger partial charge in [0.1, 0.15) is 0 Å². The Morgan fingerprint density at radius 1 is 1.50 bits per heavy atom. The highest BCUT2D eigenvalue weighted by Crippen LogP contribution is 2.11. The van der Waals surface area contributed by atoms with Crippen molar-refractivity contribution < 1.29 is 14.6 Å². The number of aliphatic hydroxyl groups is 1. The molecule has 0 aromatic heterocycles. The largest absolute Gasteiger partial charge is 0.395 e. The average Bonchev–Trinajstić information content (AvgIpc) is 2.36. The van der Waals surface area contributed by atoms with Crippen molar-refractivity contribution in [3.63, 3.8) is 0 Å². The Balaban J connectivity index is 2.64. The Bertz CT molecular complexity index is 382. The van der Waals surface area contributed by atoms with Crippen molar-refractivity contribution in [2.45, 2.75) is 13.0 Å². The second-order valence-corrected chi connectivity index (χ2v) is 4.06. The van der Waals surface area contributed by atoms with Gasteiger partial charge in [-0.1, -0.05) is 6.07 Å². The lowest BCUT2D eigenvalue weighted by molar-refractivity contribution is 0.0945. The van der Waals surface area contributed by atoms with E-state index < -0.39 is 0 Å². The van der Waals surface area contributed by atoms with Crippen molar-refractivity contribution in [1.82, 2.24) is 5.32 Å². The van der Waals surface area contributed by atoms with Crippen molar-refractivity contribution in [3.05, 3.63) is 29.8 Å². The van der Waals surface area contributed by atoms with Gasteiger partial charge in [-0.25, -0.2) is 0 Å². The van der Waals surface area contributed by atoms with Crippen molar-refractivity contribution in [1.29, 1.82) is 0 Å². The Kier molecular flexibility index (Phi) is 6.18. The number of amides is 1. The molecule has 0 fully saturated rings. The number of hydrogen-bond donors (Lipinski definition) is 3. The fraction of sp³-hybridized carbons (Fsp3) is 0.462. The van der Waals surface area contributed by atoms with Gasteiger partial charge in [-0.05, 0) is 25.1 Å². The third kappa shape index (κ3) is 4.73. The predicted molar refractivity (Wildman–Crippen MR) is 70.8 cm³/mol. The fourth-order valence-electron chi connectivity index (χ4n) is 1.60. The van der Waals surface area contributed by atoms with Gasteiger partial charge in [0.25, 0.3) is 5.91 Å². The number of rotatable bonds is 7. The van der Waals surface area contributed by atoms with E-state index in [-0.39, 0.29) is 25.1 Å². The van der Waals surface area contributed by atoms with Gasteiger partial charge in [0.2, 0.25) is 0 Å². The molecule has 0 saturated carbocycles. The molecular formula is C13H20N2O3. The lowest BCUT2D eigenvalue weighted by Crippen LogP contribution is -2.26. The highest BCUT2D eigenvalue weighted by Gasteiger charge is 2.06. The third-order valence-corrected chi connectivity index (χ3v) is 2.35. The molecule has 1 amide bonds. The van der Waals surface area contributed by atoms with Gasteiger partial charge in [-0.15, -0.1) is 0 Å². The van der Waals surface area contributed by atoms with E-state index in [1.165, 1.54) is 0 Å². The van der Waals surface area contributed by atoms with Crippen molar-refractivity contribution in [2.75, 3.05) is 32.2 Å². The van der Waals surface area contributed by atoms with Crippen LogP contribution < -0.4 is 10.6 Å². The number of nitrogens with one attached hydrogen (secondary N) is 2. The number of carbonyl (C=O) groups excluding carboxylic acids is 1. The van der Waals surface area contributed by atoms with Crippen molar-refractivity contribution in [3.8, 4) is 0 Å². The molecule has 0 aliphatic carbocycles. The van der Waals surface area contributed by atoms with Crippen molar-refractivity contribution in [2.24, 2.45) is 0 Å². The zero-order chi connectivity index (χ0) is 13.4. The van der Waals surface area contributed by atoms with Gasteiger partial charge < -0.3 is 20.5 Å². The van der Waals surface area contributed by atoms with Gasteiger partial charge in [-0.3, -0.25) is 4.79 Å². The Morgan fingerprint density at radius 2 is 2.28 bits per heavy atom. The monoisotopic (exact) mass is 252 g/mol. The lowest BCUT2D eigenvalue weighted by Gasteiger charge is -2.14. The number of hydrogen-bond acceptors (Lipinski definition) is 4. The number of aliphatic hydroxyl groups excluding tert-OH is 1. The summed E-state index contributed by atoms with van der Waals surface area (Å²) in [6.07, 6.45) is 0. The van der Waals surface area contributed by atoms with E-state index >= 15 is 0 Å². The van der Waals surface area contributed by atoms with E-state index in [4.69, 9.17) is 9.84 Å². The molecule has 3 N–H and O–H groups in total. The van der Waals surface area contributed by atoms with Crippen LogP contribution in [-0.2, 0) is 4.74 Å². The number of anilines is 1. The molecule has 0 saturated heterocycles. The van der Waals surface area contributed by atoms with Crippen LogP contribution in [0.4, 0.5) is 5.69 Å². The van der Waals surface area contributed by atoms with Gasteiger partial charge in [0, 0.05) is 30.9 Å². The van der Waals surface area contributed by atoms with E-state index in [0.717, 1.165) is 5.69 Å². The minimum Gasteiger partial charge on any atom is -0.395 e. The van der Waals surface area contributed by atoms with Crippen LogP contribution in [0.15, 0.2) is 24.3 Å². The van der Waals surface area contributed by atoms with Crippen LogP contribution in [-0.4, -0.2) is 43.9 Å². The molecule has 0 radical (unpaired) electrons. The van der Waals surface area contributed by atoms with Crippen LogP contribution in [0.5, 0.6) is 0 Å². The fourth-order valence-corrected chi connectivity index (χ4v) is 1.60. The summed E-state index contributed by atoms with van der Waals surface area (Å²) in [7, 11) is 1.65. The van der Waals surface area contributed by atoms with Gasteiger partial charge in [0.15, 0.2) is 0 Å². The summed E-state index contributed by atoms with van der Waals surface area (Å²) < 4.78 is 5.04. The first-order valence-electron chi connectivity index (χ1n) is 5.92. The third-order valence-electron chi connectivity index (χ3n) is 2.35. The first-order chi connectivity index (χ1) is 8.67. The van der Waals surface area contributed by atoms with E-state index in [1.54, 1.807) is 19.2 Å². The Labute approximate surface area is 107 Å². The minimum atomic E-state index is -0.188. The van der Waals surface area contributed by atoms with E-state index in [9.17, 15) is 4.79 Å². The number of ether oxygens (including phenoxy) is 1. The number of benzene rings is 1. The van der Waals surface area contributed by atoms with E-state index in [2.05, 4.69) is 10.6 Å². The summed E-state index contributed by atoms with van der Waals surface area (Å²) in [5, 5.41) is 14.5. The Morgan fingerprint density at radius 3 is 2.94 bits per heavy atom. The number of carbonyl (C=O) groups is 1. The summed E-state index contributed by atoms with van der Waals surface area (Å²) in [4.78, 5) is 11.7. The molecule has 0 heterocycles. The molecular weight excluding hydrogens is 232 g/mol. The topological polar surface area (TPSA) is 70.6 Å².